The number of thiophene rings is 1. The minimum Gasteiger partial charge on any atom is -0.379 e. The van der Waals surface area contributed by atoms with Crippen LogP contribution in [-0.2, 0) is 6.54 Å². The quantitative estimate of drug-likeness (QED) is 0.645. The zero-order valence-electron chi connectivity index (χ0n) is 9.02. The van der Waals surface area contributed by atoms with Gasteiger partial charge in [-0.2, -0.15) is 0 Å². The standard InChI is InChI=1S/C11H8BrClN2O2S/c12-8-3-4-18-11(8)6-14-10-2-1-7(15(16)17)5-9(10)13/h1-5,14H,6H2. The van der Waals surface area contributed by atoms with Crippen molar-refractivity contribution in [2.45, 2.75) is 6.54 Å². The molecule has 1 aromatic heterocycles. The smallest absolute Gasteiger partial charge is 0.271 e. The van der Waals surface area contributed by atoms with Gasteiger partial charge >= 0.3 is 0 Å². The van der Waals surface area contributed by atoms with E-state index in [9.17, 15) is 10.1 Å². The molecule has 0 saturated heterocycles. The topological polar surface area (TPSA) is 55.2 Å². The summed E-state index contributed by atoms with van der Waals surface area (Å²) in [6.45, 7) is 0.621. The van der Waals surface area contributed by atoms with Crippen molar-refractivity contribution in [2.24, 2.45) is 0 Å². The Morgan fingerprint density at radius 2 is 2.22 bits per heavy atom. The molecular formula is C11H8BrClN2O2S. The fourth-order valence-electron chi connectivity index (χ4n) is 1.39. The summed E-state index contributed by atoms with van der Waals surface area (Å²) < 4.78 is 1.04. The highest BCUT2D eigenvalue weighted by Gasteiger charge is 2.09. The van der Waals surface area contributed by atoms with Crippen LogP contribution in [0.2, 0.25) is 5.02 Å². The Bertz CT molecular complexity index is 588. The molecule has 2 rings (SSSR count). The van der Waals surface area contributed by atoms with E-state index < -0.39 is 4.92 Å². The molecule has 7 heteroatoms. The van der Waals surface area contributed by atoms with E-state index in [1.54, 1.807) is 17.4 Å². The maximum Gasteiger partial charge on any atom is 0.271 e. The number of nitro benzene ring substituents is 1. The average Bonchev–Trinajstić information content (AvgIpc) is 2.73. The summed E-state index contributed by atoms with van der Waals surface area (Å²) in [5, 5.41) is 16.1. The predicted octanol–water partition coefficient (Wildman–Crippen LogP) is 4.68. The third kappa shape index (κ3) is 3.01. The molecule has 0 aliphatic carbocycles. The minimum atomic E-state index is -0.467. The van der Waals surface area contributed by atoms with E-state index in [2.05, 4.69) is 21.2 Å². The van der Waals surface area contributed by atoms with Crippen LogP contribution in [-0.4, -0.2) is 4.92 Å². The molecule has 1 heterocycles. The molecule has 0 aliphatic rings. The summed E-state index contributed by atoms with van der Waals surface area (Å²) in [7, 11) is 0. The first-order valence-corrected chi connectivity index (χ1v) is 7.02. The number of rotatable bonds is 4. The molecule has 0 unspecified atom stereocenters. The molecule has 0 fully saturated rings. The third-order valence-corrected chi connectivity index (χ3v) is 4.53. The van der Waals surface area contributed by atoms with Crippen LogP contribution in [0.1, 0.15) is 4.88 Å². The second kappa shape index (κ2) is 5.69. The van der Waals surface area contributed by atoms with Gasteiger partial charge in [-0.25, -0.2) is 0 Å². The Hall–Kier alpha value is -1.11. The molecule has 2 aromatic rings. The number of anilines is 1. The molecule has 0 atom stereocenters. The highest BCUT2D eigenvalue weighted by Crippen LogP contribution is 2.29. The zero-order chi connectivity index (χ0) is 13.1. The Morgan fingerprint density at radius 1 is 1.44 bits per heavy atom. The summed E-state index contributed by atoms with van der Waals surface area (Å²) in [4.78, 5) is 11.3. The number of nitrogens with zero attached hydrogens (tertiary/aromatic N) is 1. The zero-order valence-corrected chi connectivity index (χ0v) is 12.2. The van der Waals surface area contributed by atoms with E-state index in [0.29, 0.717) is 17.3 Å². The fraction of sp³-hybridized carbons (Fsp3) is 0.0909. The molecule has 0 amide bonds. The fourth-order valence-corrected chi connectivity index (χ4v) is 3.06. The molecule has 4 nitrogen and oxygen atoms in total. The van der Waals surface area contributed by atoms with Crippen LogP contribution < -0.4 is 5.32 Å². The van der Waals surface area contributed by atoms with E-state index in [1.165, 1.54) is 12.1 Å². The molecule has 0 saturated carbocycles. The lowest BCUT2D eigenvalue weighted by Gasteiger charge is -2.07. The number of nitro groups is 1. The first kappa shape index (κ1) is 13.3. The Kier molecular flexibility index (Phi) is 4.21. The van der Waals surface area contributed by atoms with Crippen molar-refractivity contribution < 1.29 is 4.92 Å². The van der Waals surface area contributed by atoms with Gasteiger partial charge in [0.2, 0.25) is 0 Å². The number of hydrogen-bond donors (Lipinski definition) is 1. The van der Waals surface area contributed by atoms with Crippen LogP contribution in [0.3, 0.4) is 0 Å². The predicted molar refractivity (Wildman–Crippen MR) is 77.5 cm³/mol. The van der Waals surface area contributed by atoms with Crippen molar-refractivity contribution in [2.75, 3.05) is 5.32 Å². The first-order chi connectivity index (χ1) is 8.58. The van der Waals surface area contributed by atoms with Crippen LogP contribution in [0.15, 0.2) is 34.1 Å². The highest BCUT2D eigenvalue weighted by atomic mass is 79.9. The van der Waals surface area contributed by atoms with Crippen LogP contribution in [0.4, 0.5) is 11.4 Å². The highest BCUT2D eigenvalue weighted by molar-refractivity contribution is 9.10. The molecule has 0 bridgehead atoms. The van der Waals surface area contributed by atoms with E-state index in [1.807, 2.05) is 11.4 Å². The first-order valence-electron chi connectivity index (χ1n) is 4.97. The molecule has 18 heavy (non-hydrogen) atoms. The van der Waals surface area contributed by atoms with Crippen molar-refractivity contribution in [3.05, 3.63) is 54.1 Å². The summed E-state index contributed by atoms with van der Waals surface area (Å²) in [5.74, 6) is 0. The lowest BCUT2D eigenvalue weighted by atomic mass is 10.3. The normalized spacial score (nSPS) is 10.3. The van der Waals surface area contributed by atoms with Crippen molar-refractivity contribution in [1.29, 1.82) is 0 Å². The van der Waals surface area contributed by atoms with Crippen LogP contribution in [0.25, 0.3) is 0 Å². The molecule has 1 aromatic carbocycles. The van der Waals surface area contributed by atoms with Gasteiger partial charge in [-0.3, -0.25) is 10.1 Å². The van der Waals surface area contributed by atoms with Crippen molar-refractivity contribution in [3.8, 4) is 0 Å². The Balaban J connectivity index is 2.11. The average molecular weight is 348 g/mol. The van der Waals surface area contributed by atoms with Gasteiger partial charge in [0, 0.05) is 21.5 Å². The molecule has 0 aliphatic heterocycles. The van der Waals surface area contributed by atoms with E-state index in [-0.39, 0.29) is 5.69 Å². The number of benzene rings is 1. The third-order valence-electron chi connectivity index (χ3n) is 2.29. The van der Waals surface area contributed by atoms with Crippen molar-refractivity contribution >= 4 is 50.2 Å². The number of hydrogen-bond acceptors (Lipinski definition) is 4. The summed E-state index contributed by atoms with van der Waals surface area (Å²) in [6, 6.07) is 6.35. The van der Waals surface area contributed by atoms with E-state index in [4.69, 9.17) is 11.6 Å². The second-order valence-electron chi connectivity index (χ2n) is 3.47. The molecular weight excluding hydrogens is 340 g/mol. The monoisotopic (exact) mass is 346 g/mol. The van der Waals surface area contributed by atoms with Gasteiger partial charge in [0.1, 0.15) is 0 Å². The van der Waals surface area contributed by atoms with Crippen molar-refractivity contribution in [3.63, 3.8) is 0 Å². The molecule has 94 valence electrons. The summed E-state index contributed by atoms with van der Waals surface area (Å²) >= 11 is 11.0. The van der Waals surface area contributed by atoms with Crippen molar-refractivity contribution in [1.82, 2.24) is 0 Å². The van der Waals surface area contributed by atoms with Gasteiger partial charge < -0.3 is 5.32 Å². The maximum absolute atomic E-state index is 10.6. The van der Waals surface area contributed by atoms with Gasteiger partial charge in [0.25, 0.3) is 5.69 Å². The van der Waals surface area contributed by atoms with Gasteiger partial charge in [-0.15, -0.1) is 11.3 Å². The van der Waals surface area contributed by atoms with Crippen LogP contribution in [0, 0.1) is 10.1 Å². The van der Waals surface area contributed by atoms with Crippen LogP contribution in [0.5, 0.6) is 0 Å². The van der Waals surface area contributed by atoms with Crippen LogP contribution >= 0.6 is 38.9 Å². The largest absolute Gasteiger partial charge is 0.379 e. The molecule has 0 radical (unpaired) electrons. The lowest BCUT2D eigenvalue weighted by Crippen LogP contribution is -1.99. The SMILES string of the molecule is O=[N+]([O-])c1ccc(NCc2sccc2Br)c(Cl)c1. The number of nitrogens with one attached hydrogen (secondary N) is 1. The molecule has 1 N–H and O–H groups in total. The lowest BCUT2D eigenvalue weighted by molar-refractivity contribution is -0.384. The van der Waals surface area contributed by atoms with E-state index in [0.717, 1.165) is 9.35 Å². The molecule has 0 spiro atoms. The summed E-state index contributed by atoms with van der Waals surface area (Å²) in [5.41, 5.74) is 0.672. The summed E-state index contributed by atoms with van der Waals surface area (Å²) in [6.07, 6.45) is 0. The number of non-ortho nitro benzene ring substituents is 1. The van der Waals surface area contributed by atoms with Gasteiger partial charge in [0.15, 0.2) is 0 Å². The van der Waals surface area contributed by atoms with Gasteiger partial charge in [-0.1, -0.05) is 11.6 Å². The Labute approximate surface area is 121 Å². The van der Waals surface area contributed by atoms with Gasteiger partial charge in [-0.05, 0) is 33.4 Å². The maximum atomic E-state index is 10.6. The van der Waals surface area contributed by atoms with Gasteiger partial charge in [0.05, 0.1) is 22.2 Å². The number of halogens is 2. The van der Waals surface area contributed by atoms with E-state index >= 15 is 0 Å². The second-order valence-corrected chi connectivity index (χ2v) is 5.73. The Morgan fingerprint density at radius 3 is 2.78 bits per heavy atom. The minimum absolute atomic E-state index is 0.0112.